The first-order valence-electron chi connectivity index (χ1n) is 11.2. The predicted octanol–water partition coefficient (Wildman–Crippen LogP) is 3.60. The van der Waals surface area contributed by atoms with E-state index >= 15 is 0 Å². The van der Waals surface area contributed by atoms with Crippen molar-refractivity contribution in [3.8, 4) is 0 Å². The topological polar surface area (TPSA) is 105 Å². The summed E-state index contributed by atoms with van der Waals surface area (Å²) in [4.78, 5) is 38.5. The minimum Gasteiger partial charge on any atom is -0.383 e. The molecule has 1 saturated carbocycles. The van der Waals surface area contributed by atoms with Gasteiger partial charge >= 0.3 is 0 Å². The van der Waals surface area contributed by atoms with E-state index in [2.05, 4.69) is 10.6 Å². The maximum atomic E-state index is 13.3. The molecule has 4 rings (SSSR count). The SMILES string of the molecule is O=C(NCCNc1ccc([N+](=O)[O-])cc1)C1CC2CCCCC2N1C(=O)c1ccccc1. The van der Waals surface area contributed by atoms with Gasteiger partial charge in [-0.15, -0.1) is 0 Å². The monoisotopic (exact) mass is 436 g/mol. The number of hydrogen-bond acceptors (Lipinski definition) is 5. The maximum Gasteiger partial charge on any atom is 0.269 e. The minimum absolute atomic E-state index is 0.0368. The van der Waals surface area contributed by atoms with Gasteiger partial charge in [-0.25, -0.2) is 0 Å². The number of non-ortho nitro benzene ring substituents is 1. The molecule has 168 valence electrons. The van der Waals surface area contributed by atoms with Gasteiger partial charge in [0.05, 0.1) is 4.92 Å². The summed E-state index contributed by atoms with van der Waals surface area (Å²) in [5.41, 5.74) is 1.41. The van der Waals surface area contributed by atoms with Gasteiger partial charge in [-0.1, -0.05) is 31.0 Å². The second-order valence-corrected chi connectivity index (χ2v) is 8.46. The molecule has 0 spiro atoms. The fourth-order valence-electron chi connectivity index (χ4n) is 4.93. The molecule has 2 amide bonds. The maximum absolute atomic E-state index is 13.3. The molecule has 8 nitrogen and oxygen atoms in total. The molecule has 2 aromatic carbocycles. The van der Waals surface area contributed by atoms with Crippen molar-refractivity contribution in [3.63, 3.8) is 0 Å². The Morgan fingerprint density at radius 3 is 2.44 bits per heavy atom. The van der Waals surface area contributed by atoms with Gasteiger partial charge in [-0.3, -0.25) is 19.7 Å². The van der Waals surface area contributed by atoms with E-state index in [4.69, 9.17) is 0 Å². The molecule has 3 unspecified atom stereocenters. The number of amides is 2. The lowest BCUT2D eigenvalue weighted by Crippen LogP contribution is -2.50. The third kappa shape index (κ3) is 4.74. The Morgan fingerprint density at radius 1 is 1.00 bits per heavy atom. The number of nitrogens with one attached hydrogen (secondary N) is 2. The zero-order chi connectivity index (χ0) is 22.5. The van der Waals surface area contributed by atoms with Crippen molar-refractivity contribution in [2.75, 3.05) is 18.4 Å². The fraction of sp³-hybridized carbons (Fsp3) is 0.417. The summed E-state index contributed by atoms with van der Waals surface area (Å²) in [7, 11) is 0. The Hall–Kier alpha value is -3.42. The van der Waals surface area contributed by atoms with Crippen LogP contribution in [0.1, 0.15) is 42.5 Å². The summed E-state index contributed by atoms with van der Waals surface area (Å²) in [6.45, 7) is 0.880. The highest BCUT2D eigenvalue weighted by molar-refractivity contribution is 5.98. The van der Waals surface area contributed by atoms with E-state index in [1.54, 1.807) is 12.1 Å². The van der Waals surface area contributed by atoms with Gasteiger partial charge in [0.15, 0.2) is 0 Å². The standard InChI is InChI=1S/C24H28N4O4/c29-23(26-15-14-25-19-10-12-20(13-11-19)28(31)32)22-16-18-8-4-5-9-21(18)27(22)24(30)17-6-2-1-3-7-17/h1-3,6-7,10-13,18,21-22,25H,4-5,8-9,14-16H2,(H,26,29). The van der Waals surface area contributed by atoms with Crippen molar-refractivity contribution in [2.24, 2.45) is 5.92 Å². The van der Waals surface area contributed by atoms with Gasteiger partial charge < -0.3 is 15.5 Å². The number of likely N-dealkylation sites (tertiary alicyclic amines) is 1. The third-order valence-electron chi connectivity index (χ3n) is 6.48. The van der Waals surface area contributed by atoms with Gasteiger partial charge in [0.25, 0.3) is 11.6 Å². The van der Waals surface area contributed by atoms with Crippen molar-refractivity contribution >= 4 is 23.2 Å². The first kappa shape index (κ1) is 21.8. The smallest absolute Gasteiger partial charge is 0.269 e. The Balaban J connectivity index is 1.36. The second kappa shape index (κ2) is 9.80. The molecule has 2 aliphatic rings. The van der Waals surface area contributed by atoms with Crippen molar-refractivity contribution in [2.45, 2.75) is 44.2 Å². The zero-order valence-corrected chi connectivity index (χ0v) is 17.9. The molecule has 2 fully saturated rings. The molecular weight excluding hydrogens is 408 g/mol. The summed E-state index contributed by atoms with van der Waals surface area (Å²) in [6, 6.07) is 15.0. The van der Waals surface area contributed by atoms with Crippen LogP contribution in [0.3, 0.4) is 0 Å². The van der Waals surface area contributed by atoms with Crippen LogP contribution < -0.4 is 10.6 Å². The number of nitro groups is 1. The van der Waals surface area contributed by atoms with Crippen LogP contribution in [0.15, 0.2) is 54.6 Å². The van der Waals surface area contributed by atoms with Gasteiger partial charge in [0.1, 0.15) is 6.04 Å². The van der Waals surface area contributed by atoms with Crippen LogP contribution in [0.5, 0.6) is 0 Å². The third-order valence-corrected chi connectivity index (χ3v) is 6.48. The quantitative estimate of drug-likeness (QED) is 0.392. The second-order valence-electron chi connectivity index (χ2n) is 8.46. The van der Waals surface area contributed by atoms with Crippen molar-refractivity contribution in [1.29, 1.82) is 0 Å². The van der Waals surface area contributed by atoms with E-state index in [1.165, 1.54) is 12.1 Å². The molecule has 0 aromatic heterocycles. The number of carbonyl (C=O) groups excluding carboxylic acids is 2. The van der Waals surface area contributed by atoms with Crippen LogP contribution in [0, 0.1) is 16.0 Å². The Kier molecular flexibility index (Phi) is 6.68. The van der Waals surface area contributed by atoms with E-state index in [-0.39, 0.29) is 23.5 Å². The number of anilines is 1. The number of benzene rings is 2. The molecule has 1 aliphatic carbocycles. The fourth-order valence-corrected chi connectivity index (χ4v) is 4.93. The summed E-state index contributed by atoms with van der Waals surface area (Å²) in [5, 5.41) is 16.9. The van der Waals surface area contributed by atoms with Crippen LogP contribution in [-0.2, 0) is 4.79 Å². The van der Waals surface area contributed by atoms with Crippen molar-refractivity contribution in [1.82, 2.24) is 10.2 Å². The lowest BCUT2D eigenvalue weighted by molar-refractivity contribution is -0.384. The van der Waals surface area contributed by atoms with E-state index in [0.29, 0.717) is 31.0 Å². The molecule has 0 radical (unpaired) electrons. The van der Waals surface area contributed by atoms with Crippen LogP contribution in [0.2, 0.25) is 0 Å². The highest BCUT2D eigenvalue weighted by Crippen LogP contribution is 2.40. The van der Waals surface area contributed by atoms with Gasteiger partial charge in [-0.2, -0.15) is 0 Å². The molecular formula is C24H28N4O4. The van der Waals surface area contributed by atoms with Crippen LogP contribution in [0.4, 0.5) is 11.4 Å². The summed E-state index contributed by atoms with van der Waals surface area (Å²) >= 11 is 0. The molecule has 8 heteroatoms. The van der Waals surface area contributed by atoms with E-state index < -0.39 is 11.0 Å². The lowest BCUT2D eigenvalue weighted by atomic mass is 9.84. The van der Waals surface area contributed by atoms with Gasteiger partial charge in [0.2, 0.25) is 5.91 Å². The van der Waals surface area contributed by atoms with Gasteiger partial charge in [-0.05, 0) is 49.4 Å². The molecule has 3 atom stereocenters. The predicted molar refractivity (Wildman–Crippen MR) is 121 cm³/mol. The number of hydrogen-bond donors (Lipinski definition) is 2. The number of fused-ring (bicyclic) bond motifs is 1. The molecule has 32 heavy (non-hydrogen) atoms. The van der Waals surface area contributed by atoms with E-state index in [0.717, 1.165) is 31.4 Å². The van der Waals surface area contributed by atoms with Gasteiger partial charge in [0, 0.05) is 42.5 Å². The van der Waals surface area contributed by atoms with E-state index in [1.807, 2.05) is 35.2 Å². The average Bonchev–Trinajstić information content (AvgIpc) is 3.22. The Morgan fingerprint density at radius 2 is 1.72 bits per heavy atom. The molecule has 1 heterocycles. The number of carbonyl (C=O) groups is 2. The summed E-state index contributed by atoms with van der Waals surface area (Å²) in [6.07, 6.45) is 4.98. The highest BCUT2D eigenvalue weighted by atomic mass is 16.6. The minimum atomic E-state index is -0.449. The van der Waals surface area contributed by atoms with Crippen LogP contribution in [0.25, 0.3) is 0 Å². The molecule has 2 N–H and O–H groups in total. The molecule has 1 aliphatic heterocycles. The molecule has 2 aromatic rings. The van der Waals surface area contributed by atoms with Crippen LogP contribution in [-0.4, -0.2) is 46.8 Å². The average molecular weight is 437 g/mol. The first-order valence-corrected chi connectivity index (χ1v) is 11.2. The normalized spacial score (nSPS) is 22.1. The zero-order valence-electron chi connectivity index (χ0n) is 17.9. The molecule has 1 saturated heterocycles. The lowest BCUT2D eigenvalue weighted by Gasteiger charge is -2.33. The highest BCUT2D eigenvalue weighted by Gasteiger charge is 2.47. The van der Waals surface area contributed by atoms with Crippen LogP contribution >= 0.6 is 0 Å². The largest absolute Gasteiger partial charge is 0.383 e. The van der Waals surface area contributed by atoms with Crippen molar-refractivity contribution < 1.29 is 14.5 Å². The first-order chi connectivity index (χ1) is 15.5. The number of nitro benzene ring substituents is 1. The van der Waals surface area contributed by atoms with Crippen molar-refractivity contribution in [3.05, 3.63) is 70.3 Å². The summed E-state index contributed by atoms with van der Waals surface area (Å²) < 4.78 is 0. The number of nitrogens with zero attached hydrogens (tertiary/aromatic N) is 2. The Bertz CT molecular complexity index is 964. The Labute approximate surface area is 187 Å². The number of rotatable bonds is 7. The summed E-state index contributed by atoms with van der Waals surface area (Å²) in [5.74, 6) is 0.198. The van der Waals surface area contributed by atoms with E-state index in [9.17, 15) is 19.7 Å². The molecule has 0 bridgehead atoms.